The van der Waals surface area contributed by atoms with Gasteiger partial charge in [0.2, 0.25) is 5.95 Å². The van der Waals surface area contributed by atoms with Gasteiger partial charge in [-0.05, 0) is 43.2 Å². The molecule has 0 aliphatic heterocycles. The fourth-order valence-corrected chi connectivity index (χ4v) is 2.14. The maximum Gasteiger partial charge on any atom is 0.223 e. The van der Waals surface area contributed by atoms with E-state index in [1.54, 1.807) is 18.3 Å². The summed E-state index contributed by atoms with van der Waals surface area (Å²) in [5, 5.41) is 3.88. The van der Waals surface area contributed by atoms with E-state index in [4.69, 9.17) is 4.42 Å². The Bertz CT molecular complexity index is 782. The summed E-state index contributed by atoms with van der Waals surface area (Å²) in [5.74, 6) is 0.915. The maximum absolute atomic E-state index is 13.3. The van der Waals surface area contributed by atoms with E-state index in [1.807, 2.05) is 6.92 Å². The summed E-state index contributed by atoms with van der Waals surface area (Å²) in [6.07, 6.45) is 2.75. The van der Waals surface area contributed by atoms with E-state index in [-0.39, 0.29) is 5.82 Å². The van der Waals surface area contributed by atoms with Crippen LogP contribution in [0.4, 0.5) is 10.3 Å². The lowest BCUT2D eigenvalue weighted by atomic mass is 10.2. The number of benzene rings is 1. The van der Waals surface area contributed by atoms with Gasteiger partial charge in [-0.25, -0.2) is 14.4 Å². The Balaban J connectivity index is 2.04. The Labute approximate surface area is 122 Å². The number of fused-ring (bicyclic) bond motifs is 1. The van der Waals surface area contributed by atoms with Crippen LogP contribution in [0.25, 0.3) is 22.4 Å². The second kappa shape index (κ2) is 5.52. The smallest absolute Gasteiger partial charge is 0.223 e. The number of hydrogen-bond donors (Lipinski definition) is 1. The predicted octanol–water partition coefficient (Wildman–Crippen LogP) is 4.16. The fourth-order valence-electron chi connectivity index (χ4n) is 2.14. The van der Waals surface area contributed by atoms with Gasteiger partial charge in [0.25, 0.3) is 0 Å². The zero-order valence-corrected chi connectivity index (χ0v) is 12.0. The Morgan fingerprint density at radius 2 is 2.14 bits per heavy atom. The number of hydrogen-bond acceptors (Lipinski definition) is 4. The molecule has 5 heteroatoms. The van der Waals surface area contributed by atoms with Gasteiger partial charge in [-0.2, -0.15) is 0 Å². The Morgan fingerprint density at radius 3 is 2.95 bits per heavy atom. The standard InChI is InChI=1S/C16H16FN3O/c1-3-6-18-16-19-9-10(2)15(20-16)14-8-11-7-12(17)4-5-13(11)21-14/h4-5,7-9H,3,6H2,1-2H3,(H,18,19,20). The molecule has 2 aromatic heterocycles. The molecule has 0 amide bonds. The lowest BCUT2D eigenvalue weighted by Gasteiger charge is -2.06. The fraction of sp³-hybridized carbons (Fsp3) is 0.250. The quantitative estimate of drug-likeness (QED) is 0.782. The monoisotopic (exact) mass is 285 g/mol. The third kappa shape index (κ3) is 2.72. The van der Waals surface area contributed by atoms with Crippen molar-refractivity contribution in [3.05, 3.63) is 41.8 Å². The molecule has 3 aromatic rings. The van der Waals surface area contributed by atoms with Gasteiger partial charge in [-0.3, -0.25) is 0 Å². The van der Waals surface area contributed by atoms with E-state index in [1.165, 1.54) is 12.1 Å². The van der Waals surface area contributed by atoms with Crippen molar-refractivity contribution >= 4 is 16.9 Å². The van der Waals surface area contributed by atoms with Gasteiger partial charge in [0.15, 0.2) is 5.76 Å². The molecule has 0 atom stereocenters. The number of nitrogens with one attached hydrogen (secondary N) is 1. The second-order valence-electron chi connectivity index (χ2n) is 4.94. The van der Waals surface area contributed by atoms with Crippen LogP contribution in [-0.4, -0.2) is 16.5 Å². The van der Waals surface area contributed by atoms with E-state index in [0.29, 0.717) is 17.3 Å². The predicted molar refractivity (Wildman–Crippen MR) is 80.7 cm³/mol. The van der Waals surface area contributed by atoms with Crippen molar-refractivity contribution in [2.24, 2.45) is 0 Å². The Kier molecular flexibility index (Phi) is 3.56. The number of aryl methyl sites for hydroxylation is 1. The Hall–Kier alpha value is -2.43. The van der Waals surface area contributed by atoms with Crippen LogP contribution in [0, 0.1) is 12.7 Å². The summed E-state index contributed by atoms with van der Waals surface area (Å²) in [4.78, 5) is 8.73. The maximum atomic E-state index is 13.3. The summed E-state index contributed by atoms with van der Waals surface area (Å²) in [6.45, 7) is 4.82. The average molecular weight is 285 g/mol. The molecule has 0 saturated carbocycles. The minimum absolute atomic E-state index is 0.278. The van der Waals surface area contributed by atoms with Crippen LogP contribution in [0.1, 0.15) is 18.9 Å². The summed E-state index contributed by atoms with van der Waals surface area (Å²) in [7, 11) is 0. The minimum Gasteiger partial charge on any atom is -0.454 e. The van der Waals surface area contributed by atoms with Crippen molar-refractivity contribution in [3.63, 3.8) is 0 Å². The first-order chi connectivity index (χ1) is 10.2. The molecule has 1 aromatic carbocycles. The molecule has 1 N–H and O–H groups in total. The molecule has 0 saturated heterocycles. The summed E-state index contributed by atoms with van der Waals surface area (Å²) < 4.78 is 19.0. The van der Waals surface area contributed by atoms with Gasteiger partial charge in [0.1, 0.15) is 17.1 Å². The van der Waals surface area contributed by atoms with Gasteiger partial charge in [0.05, 0.1) is 0 Å². The first-order valence-corrected chi connectivity index (χ1v) is 6.94. The van der Waals surface area contributed by atoms with Gasteiger partial charge < -0.3 is 9.73 Å². The molecular formula is C16H16FN3O. The van der Waals surface area contributed by atoms with Crippen molar-refractivity contribution in [3.8, 4) is 11.5 Å². The lowest BCUT2D eigenvalue weighted by molar-refractivity contribution is 0.617. The van der Waals surface area contributed by atoms with Crippen molar-refractivity contribution in [2.45, 2.75) is 20.3 Å². The van der Waals surface area contributed by atoms with Crippen LogP contribution < -0.4 is 5.32 Å². The Morgan fingerprint density at radius 1 is 1.29 bits per heavy atom. The largest absolute Gasteiger partial charge is 0.454 e. The molecule has 4 nitrogen and oxygen atoms in total. The van der Waals surface area contributed by atoms with E-state index >= 15 is 0 Å². The van der Waals surface area contributed by atoms with Crippen LogP contribution in [0.3, 0.4) is 0 Å². The van der Waals surface area contributed by atoms with Crippen LogP contribution in [-0.2, 0) is 0 Å². The molecule has 0 spiro atoms. The summed E-state index contributed by atoms with van der Waals surface area (Å²) >= 11 is 0. The van der Waals surface area contributed by atoms with Crippen LogP contribution >= 0.6 is 0 Å². The van der Waals surface area contributed by atoms with Gasteiger partial charge in [0, 0.05) is 18.1 Å². The van der Waals surface area contributed by atoms with Crippen molar-refractivity contribution < 1.29 is 8.81 Å². The number of halogens is 1. The van der Waals surface area contributed by atoms with E-state index in [9.17, 15) is 4.39 Å². The van der Waals surface area contributed by atoms with Crippen LogP contribution in [0.5, 0.6) is 0 Å². The van der Waals surface area contributed by atoms with Crippen molar-refractivity contribution in [1.29, 1.82) is 0 Å². The normalized spacial score (nSPS) is 11.0. The molecule has 3 rings (SSSR count). The van der Waals surface area contributed by atoms with Crippen molar-refractivity contribution in [2.75, 3.05) is 11.9 Å². The molecule has 0 bridgehead atoms. The molecular weight excluding hydrogens is 269 g/mol. The van der Waals surface area contributed by atoms with Gasteiger partial charge in [-0.15, -0.1) is 0 Å². The van der Waals surface area contributed by atoms with Gasteiger partial charge in [-0.1, -0.05) is 6.92 Å². The number of nitrogens with zero attached hydrogens (tertiary/aromatic N) is 2. The molecule has 0 aliphatic rings. The molecule has 0 fully saturated rings. The summed E-state index contributed by atoms with van der Waals surface area (Å²) in [5.41, 5.74) is 2.28. The highest BCUT2D eigenvalue weighted by molar-refractivity contribution is 5.82. The first-order valence-electron chi connectivity index (χ1n) is 6.94. The number of aromatic nitrogens is 2. The summed E-state index contributed by atoms with van der Waals surface area (Å²) in [6, 6.07) is 6.27. The molecule has 108 valence electrons. The molecule has 2 heterocycles. The highest BCUT2D eigenvalue weighted by atomic mass is 19.1. The van der Waals surface area contributed by atoms with E-state index < -0.39 is 0 Å². The highest BCUT2D eigenvalue weighted by Crippen LogP contribution is 2.29. The number of anilines is 1. The third-order valence-electron chi connectivity index (χ3n) is 3.22. The molecule has 21 heavy (non-hydrogen) atoms. The SMILES string of the molecule is CCCNc1ncc(C)c(-c2cc3cc(F)ccc3o2)n1. The average Bonchev–Trinajstić information content (AvgIpc) is 2.89. The minimum atomic E-state index is -0.278. The van der Waals surface area contributed by atoms with Crippen molar-refractivity contribution in [1.82, 2.24) is 9.97 Å². The topological polar surface area (TPSA) is 51.0 Å². The third-order valence-corrected chi connectivity index (χ3v) is 3.22. The second-order valence-corrected chi connectivity index (χ2v) is 4.94. The van der Waals surface area contributed by atoms with Gasteiger partial charge >= 0.3 is 0 Å². The first kappa shape index (κ1) is 13.5. The van der Waals surface area contributed by atoms with Crippen LogP contribution in [0.15, 0.2) is 34.9 Å². The zero-order valence-electron chi connectivity index (χ0n) is 12.0. The van der Waals surface area contributed by atoms with Crippen LogP contribution in [0.2, 0.25) is 0 Å². The number of rotatable bonds is 4. The lowest BCUT2D eigenvalue weighted by Crippen LogP contribution is -2.05. The highest BCUT2D eigenvalue weighted by Gasteiger charge is 2.12. The van der Waals surface area contributed by atoms with E-state index in [2.05, 4.69) is 22.2 Å². The zero-order chi connectivity index (χ0) is 14.8. The molecule has 0 unspecified atom stereocenters. The van der Waals surface area contributed by atoms with E-state index in [0.717, 1.165) is 29.6 Å². The molecule has 0 radical (unpaired) electrons. The number of furan rings is 1. The molecule has 0 aliphatic carbocycles.